The van der Waals surface area contributed by atoms with Crippen LogP contribution in [-0.2, 0) is 9.53 Å². The van der Waals surface area contributed by atoms with Gasteiger partial charge in [-0.05, 0) is 37.6 Å². The number of carbonyl (C=O) groups excluding carboxylic acids is 2. The first-order valence-electron chi connectivity index (χ1n) is 7.50. The third-order valence-corrected chi connectivity index (χ3v) is 4.24. The van der Waals surface area contributed by atoms with E-state index in [1.807, 2.05) is 17.0 Å². The molecule has 2 aliphatic rings. The van der Waals surface area contributed by atoms with E-state index < -0.39 is 0 Å². The van der Waals surface area contributed by atoms with Crippen LogP contribution in [0, 0.1) is 0 Å². The molecular weight excluding hydrogens is 268 g/mol. The second kappa shape index (κ2) is 5.76. The number of anilines is 1. The molecule has 2 aliphatic heterocycles. The van der Waals surface area contributed by atoms with E-state index in [-0.39, 0.29) is 11.9 Å². The molecule has 1 amide bonds. The number of amides is 1. The van der Waals surface area contributed by atoms with E-state index in [1.165, 1.54) is 0 Å². The number of rotatable bonds is 3. The van der Waals surface area contributed by atoms with Crippen LogP contribution in [0.15, 0.2) is 24.3 Å². The molecule has 0 aliphatic carbocycles. The van der Waals surface area contributed by atoms with Gasteiger partial charge in [0.25, 0.3) is 0 Å². The summed E-state index contributed by atoms with van der Waals surface area (Å²) >= 11 is 0. The Morgan fingerprint density at radius 3 is 2.76 bits per heavy atom. The molecule has 2 heterocycles. The van der Waals surface area contributed by atoms with E-state index in [9.17, 15) is 9.59 Å². The molecule has 0 radical (unpaired) electrons. The number of hydrogen-bond donors (Lipinski definition) is 0. The number of piperazine rings is 1. The van der Waals surface area contributed by atoms with Crippen LogP contribution in [0.4, 0.5) is 5.69 Å². The lowest BCUT2D eigenvalue weighted by Gasteiger charge is -2.38. The van der Waals surface area contributed by atoms with Gasteiger partial charge in [-0.1, -0.05) is 0 Å². The number of nitrogens with zero attached hydrogens (tertiary/aromatic N) is 2. The Hall–Kier alpha value is -2.04. The number of fused-ring (bicyclic) bond motifs is 1. The molecule has 1 unspecified atom stereocenters. The minimum atomic E-state index is -0.282. The van der Waals surface area contributed by atoms with Gasteiger partial charge in [-0.25, -0.2) is 4.79 Å². The zero-order valence-corrected chi connectivity index (χ0v) is 12.2. The second-order valence-corrected chi connectivity index (χ2v) is 5.49. The van der Waals surface area contributed by atoms with Crippen molar-refractivity contribution in [3.63, 3.8) is 0 Å². The summed E-state index contributed by atoms with van der Waals surface area (Å²) < 4.78 is 4.99. The van der Waals surface area contributed by atoms with E-state index in [1.54, 1.807) is 19.1 Å². The van der Waals surface area contributed by atoms with Crippen molar-refractivity contribution in [3.05, 3.63) is 29.8 Å². The van der Waals surface area contributed by atoms with Crippen molar-refractivity contribution in [2.75, 3.05) is 31.1 Å². The summed E-state index contributed by atoms with van der Waals surface area (Å²) in [6.07, 6.45) is 1.64. The van der Waals surface area contributed by atoms with Gasteiger partial charge >= 0.3 is 5.97 Å². The molecule has 0 spiro atoms. The van der Waals surface area contributed by atoms with Crippen molar-refractivity contribution in [1.82, 2.24) is 4.90 Å². The van der Waals surface area contributed by atoms with Crippen molar-refractivity contribution in [2.45, 2.75) is 25.8 Å². The summed E-state index contributed by atoms with van der Waals surface area (Å²) in [5.41, 5.74) is 1.68. The largest absolute Gasteiger partial charge is 0.462 e. The van der Waals surface area contributed by atoms with E-state index in [0.717, 1.165) is 31.7 Å². The Balaban J connectivity index is 1.68. The average molecular weight is 288 g/mol. The van der Waals surface area contributed by atoms with Crippen molar-refractivity contribution in [2.24, 2.45) is 0 Å². The van der Waals surface area contributed by atoms with E-state index in [2.05, 4.69) is 4.90 Å². The summed E-state index contributed by atoms with van der Waals surface area (Å²) in [4.78, 5) is 27.6. The van der Waals surface area contributed by atoms with Crippen molar-refractivity contribution >= 4 is 17.6 Å². The maximum absolute atomic E-state index is 11.7. The monoisotopic (exact) mass is 288 g/mol. The first kappa shape index (κ1) is 13.9. The highest BCUT2D eigenvalue weighted by atomic mass is 16.5. The summed E-state index contributed by atoms with van der Waals surface area (Å²) in [6, 6.07) is 7.87. The van der Waals surface area contributed by atoms with Crippen molar-refractivity contribution in [1.29, 1.82) is 0 Å². The van der Waals surface area contributed by atoms with E-state index in [4.69, 9.17) is 4.74 Å². The Morgan fingerprint density at radius 1 is 1.29 bits per heavy atom. The Morgan fingerprint density at radius 2 is 2.05 bits per heavy atom. The smallest absolute Gasteiger partial charge is 0.338 e. The van der Waals surface area contributed by atoms with Crippen LogP contribution in [0.25, 0.3) is 0 Å². The topological polar surface area (TPSA) is 49.9 Å². The molecule has 1 aromatic rings. The van der Waals surface area contributed by atoms with Crippen LogP contribution in [0.1, 0.15) is 30.1 Å². The highest BCUT2D eigenvalue weighted by Crippen LogP contribution is 2.26. The first-order chi connectivity index (χ1) is 10.2. The maximum Gasteiger partial charge on any atom is 0.338 e. The van der Waals surface area contributed by atoms with Crippen molar-refractivity contribution < 1.29 is 14.3 Å². The molecule has 0 bridgehead atoms. The van der Waals surface area contributed by atoms with Gasteiger partial charge in [-0.2, -0.15) is 0 Å². The fourth-order valence-electron chi connectivity index (χ4n) is 3.12. The molecule has 5 nitrogen and oxygen atoms in total. The molecular formula is C16H20N2O3. The minimum absolute atomic E-state index is 0.282. The summed E-state index contributed by atoms with van der Waals surface area (Å²) in [5, 5.41) is 0. The molecule has 5 heteroatoms. The van der Waals surface area contributed by atoms with Gasteiger partial charge in [0.15, 0.2) is 0 Å². The number of esters is 1. The molecule has 0 saturated carbocycles. The van der Waals surface area contributed by atoms with Gasteiger partial charge in [-0.3, -0.25) is 4.79 Å². The summed E-state index contributed by atoms with van der Waals surface area (Å²) in [6.45, 7) is 4.71. The van der Waals surface area contributed by atoms with E-state index >= 15 is 0 Å². The fraction of sp³-hybridized carbons (Fsp3) is 0.500. The lowest BCUT2D eigenvalue weighted by atomic mass is 10.1. The number of carbonyl (C=O) groups is 2. The van der Waals surface area contributed by atoms with Crippen molar-refractivity contribution in [3.8, 4) is 0 Å². The molecule has 0 N–H and O–H groups in total. The molecule has 3 rings (SSSR count). The molecule has 1 atom stereocenters. The summed E-state index contributed by atoms with van der Waals surface area (Å²) in [5.74, 6) is 0.00701. The molecule has 21 heavy (non-hydrogen) atoms. The van der Waals surface area contributed by atoms with Gasteiger partial charge in [-0.15, -0.1) is 0 Å². The van der Waals surface area contributed by atoms with Gasteiger partial charge in [0, 0.05) is 37.8 Å². The standard InChI is InChI=1S/C16H20N2O3/c1-2-21-16(20)12-3-5-13(6-4-12)17-9-10-18-14(11-17)7-8-15(18)19/h3-6,14H,2,7-11H2,1H3. The van der Waals surface area contributed by atoms with Gasteiger partial charge < -0.3 is 14.5 Å². The van der Waals surface area contributed by atoms with Crippen LogP contribution in [0.3, 0.4) is 0 Å². The third kappa shape index (κ3) is 2.73. The van der Waals surface area contributed by atoms with Crippen LogP contribution in [0.5, 0.6) is 0 Å². The minimum Gasteiger partial charge on any atom is -0.462 e. The van der Waals surface area contributed by atoms with Crippen LogP contribution < -0.4 is 4.90 Å². The third-order valence-electron chi connectivity index (χ3n) is 4.24. The van der Waals surface area contributed by atoms with Gasteiger partial charge in [0.2, 0.25) is 5.91 Å². The Labute approximate surface area is 124 Å². The van der Waals surface area contributed by atoms with Crippen LogP contribution >= 0.6 is 0 Å². The predicted molar refractivity (Wildman–Crippen MR) is 79.3 cm³/mol. The molecule has 0 aromatic heterocycles. The number of hydrogen-bond acceptors (Lipinski definition) is 4. The zero-order valence-electron chi connectivity index (χ0n) is 12.2. The van der Waals surface area contributed by atoms with Crippen LogP contribution in [-0.4, -0.2) is 49.1 Å². The average Bonchev–Trinajstić information content (AvgIpc) is 2.88. The van der Waals surface area contributed by atoms with Gasteiger partial charge in [0.05, 0.1) is 12.2 Å². The lowest BCUT2D eigenvalue weighted by Crippen LogP contribution is -2.51. The Bertz CT molecular complexity index is 541. The number of ether oxygens (including phenoxy) is 1. The summed E-state index contributed by atoms with van der Waals surface area (Å²) in [7, 11) is 0. The fourth-order valence-corrected chi connectivity index (χ4v) is 3.12. The maximum atomic E-state index is 11.7. The SMILES string of the molecule is CCOC(=O)c1ccc(N2CCN3C(=O)CCC3C2)cc1. The highest BCUT2D eigenvalue weighted by Gasteiger charge is 2.35. The molecule has 112 valence electrons. The van der Waals surface area contributed by atoms with E-state index in [0.29, 0.717) is 24.6 Å². The first-order valence-corrected chi connectivity index (χ1v) is 7.50. The molecule has 2 fully saturated rings. The zero-order chi connectivity index (χ0) is 14.8. The molecule has 2 saturated heterocycles. The van der Waals surface area contributed by atoms with Gasteiger partial charge in [0.1, 0.15) is 0 Å². The lowest BCUT2D eigenvalue weighted by molar-refractivity contribution is -0.129. The quantitative estimate of drug-likeness (QED) is 0.794. The predicted octanol–water partition coefficient (Wildman–Crippen LogP) is 1.67. The Kier molecular flexibility index (Phi) is 3.82. The normalized spacial score (nSPS) is 21.4. The van der Waals surface area contributed by atoms with Crippen LogP contribution in [0.2, 0.25) is 0 Å². The molecule has 1 aromatic carbocycles. The number of benzene rings is 1. The highest BCUT2D eigenvalue weighted by molar-refractivity contribution is 5.89. The second-order valence-electron chi connectivity index (χ2n) is 5.49.